The fourth-order valence-corrected chi connectivity index (χ4v) is 2.15. The fraction of sp³-hybridized carbons (Fsp3) is 0.571. The minimum atomic E-state index is -0.785. The Morgan fingerprint density at radius 2 is 1.94 bits per heavy atom. The Balaban J connectivity index is 3.12. The number of halogens is 2. The first-order valence-electron chi connectivity index (χ1n) is 6.21. The van der Waals surface area contributed by atoms with Crippen LogP contribution in [-0.2, 0) is 4.74 Å². The van der Waals surface area contributed by atoms with Crippen LogP contribution in [0.15, 0.2) is 12.1 Å². The zero-order chi connectivity index (χ0) is 13.7. The Hall–Kier alpha value is -1.00. The van der Waals surface area contributed by atoms with E-state index in [-0.39, 0.29) is 12.1 Å². The maximum absolute atomic E-state index is 14.0. The fourth-order valence-electron chi connectivity index (χ4n) is 2.15. The topological polar surface area (TPSA) is 21.3 Å². The van der Waals surface area contributed by atoms with Gasteiger partial charge in [0.15, 0.2) is 11.6 Å². The Kier molecular flexibility index (Phi) is 5.69. The molecule has 0 radical (unpaired) electrons. The Morgan fingerprint density at radius 1 is 1.28 bits per heavy atom. The minimum absolute atomic E-state index is 0.170. The lowest BCUT2D eigenvalue weighted by molar-refractivity contribution is 0.0617. The molecule has 1 aromatic rings. The van der Waals surface area contributed by atoms with Crippen molar-refractivity contribution in [3.8, 4) is 0 Å². The lowest BCUT2D eigenvalue weighted by Gasteiger charge is -2.26. The Labute approximate surface area is 107 Å². The van der Waals surface area contributed by atoms with Crippen molar-refractivity contribution in [3.63, 3.8) is 0 Å². The first-order chi connectivity index (χ1) is 8.56. The number of methoxy groups -OCH3 is 1. The Bertz CT molecular complexity index is 396. The molecular formula is C14H21F2NO. The van der Waals surface area contributed by atoms with Crippen LogP contribution in [0, 0.1) is 18.6 Å². The molecule has 0 heterocycles. The van der Waals surface area contributed by atoms with Gasteiger partial charge in [-0.3, -0.25) is 0 Å². The van der Waals surface area contributed by atoms with Crippen molar-refractivity contribution in [1.82, 2.24) is 5.32 Å². The maximum Gasteiger partial charge on any atom is 0.163 e. The van der Waals surface area contributed by atoms with Crippen molar-refractivity contribution in [2.24, 2.45) is 0 Å². The van der Waals surface area contributed by atoms with Crippen molar-refractivity contribution >= 4 is 0 Å². The first-order valence-corrected chi connectivity index (χ1v) is 6.21. The summed E-state index contributed by atoms with van der Waals surface area (Å²) < 4.78 is 32.9. The first kappa shape index (κ1) is 15.1. The van der Waals surface area contributed by atoms with Crippen LogP contribution in [0.5, 0.6) is 0 Å². The zero-order valence-corrected chi connectivity index (χ0v) is 11.4. The molecule has 0 fully saturated rings. The molecule has 1 aromatic carbocycles. The van der Waals surface area contributed by atoms with Crippen LogP contribution in [0.3, 0.4) is 0 Å². The summed E-state index contributed by atoms with van der Waals surface area (Å²) >= 11 is 0. The molecule has 2 nitrogen and oxygen atoms in total. The second-order valence-electron chi connectivity index (χ2n) is 4.43. The van der Waals surface area contributed by atoms with Crippen LogP contribution in [-0.4, -0.2) is 20.3 Å². The molecule has 0 aromatic heterocycles. The molecule has 4 heteroatoms. The quantitative estimate of drug-likeness (QED) is 0.844. The molecular weight excluding hydrogens is 236 g/mol. The molecule has 0 bridgehead atoms. The molecule has 0 amide bonds. The maximum atomic E-state index is 14.0. The van der Waals surface area contributed by atoms with E-state index in [0.717, 1.165) is 12.8 Å². The standard InChI is InChI=1S/C14H21F2NO/c1-5-6-11(18-4)14(17-3)10-8-7-9(2)12(15)13(10)16/h7-8,11,14,17H,5-6H2,1-4H3. The highest BCUT2D eigenvalue weighted by Gasteiger charge is 2.25. The molecule has 1 N–H and O–H groups in total. The van der Waals surface area contributed by atoms with Crippen molar-refractivity contribution in [2.75, 3.05) is 14.2 Å². The van der Waals surface area contributed by atoms with Crippen LogP contribution in [0.4, 0.5) is 8.78 Å². The van der Waals surface area contributed by atoms with E-state index in [0.29, 0.717) is 11.1 Å². The third kappa shape index (κ3) is 3.06. The van der Waals surface area contributed by atoms with Gasteiger partial charge in [0.05, 0.1) is 12.1 Å². The summed E-state index contributed by atoms with van der Waals surface area (Å²) in [6, 6.07) is 2.87. The van der Waals surface area contributed by atoms with Gasteiger partial charge in [-0.15, -0.1) is 0 Å². The van der Waals surface area contributed by atoms with E-state index in [2.05, 4.69) is 5.32 Å². The number of nitrogens with one attached hydrogen (secondary N) is 1. The van der Waals surface area contributed by atoms with Crippen LogP contribution >= 0.6 is 0 Å². The molecule has 0 aliphatic heterocycles. The summed E-state index contributed by atoms with van der Waals surface area (Å²) in [4.78, 5) is 0. The van der Waals surface area contributed by atoms with Gasteiger partial charge < -0.3 is 10.1 Å². The van der Waals surface area contributed by atoms with Gasteiger partial charge in [0.1, 0.15) is 0 Å². The predicted molar refractivity (Wildman–Crippen MR) is 68.6 cm³/mol. The lowest BCUT2D eigenvalue weighted by atomic mass is 9.96. The zero-order valence-electron chi connectivity index (χ0n) is 11.4. The molecule has 1 rings (SSSR count). The van der Waals surface area contributed by atoms with E-state index in [1.54, 1.807) is 33.2 Å². The Morgan fingerprint density at radius 3 is 2.44 bits per heavy atom. The third-order valence-corrected chi connectivity index (χ3v) is 3.20. The SMILES string of the molecule is CCCC(OC)C(NC)c1ccc(C)c(F)c1F. The molecule has 0 saturated carbocycles. The lowest BCUT2D eigenvalue weighted by Crippen LogP contribution is -2.32. The summed E-state index contributed by atoms with van der Waals surface area (Å²) in [6.45, 7) is 3.58. The van der Waals surface area contributed by atoms with Gasteiger partial charge in [0, 0.05) is 12.7 Å². The minimum Gasteiger partial charge on any atom is -0.379 e. The second kappa shape index (κ2) is 6.81. The number of hydrogen-bond donors (Lipinski definition) is 1. The highest BCUT2D eigenvalue weighted by atomic mass is 19.2. The van der Waals surface area contributed by atoms with E-state index >= 15 is 0 Å². The van der Waals surface area contributed by atoms with Crippen LogP contribution in [0.1, 0.15) is 36.9 Å². The van der Waals surface area contributed by atoms with Gasteiger partial charge in [0.2, 0.25) is 0 Å². The van der Waals surface area contributed by atoms with Gasteiger partial charge in [-0.2, -0.15) is 0 Å². The molecule has 0 spiro atoms. The molecule has 0 aliphatic rings. The van der Waals surface area contributed by atoms with E-state index in [1.807, 2.05) is 6.92 Å². The van der Waals surface area contributed by atoms with E-state index in [4.69, 9.17) is 4.74 Å². The highest BCUT2D eigenvalue weighted by molar-refractivity contribution is 5.28. The summed E-state index contributed by atoms with van der Waals surface area (Å²) in [5.41, 5.74) is 0.636. The van der Waals surface area contributed by atoms with Gasteiger partial charge in [0.25, 0.3) is 0 Å². The molecule has 0 saturated heterocycles. The van der Waals surface area contributed by atoms with Crippen molar-refractivity contribution < 1.29 is 13.5 Å². The predicted octanol–water partition coefficient (Wildman–Crippen LogP) is 3.35. The van der Waals surface area contributed by atoms with Crippen LogP contribution < -0.4 is 5.32 Å². The van der Waals surface area contributed by atoms with E-state index in [9.17, 15) is 8.78 Å². The van der Waals surface area contributed by atoms with Crippen molar-refractivity contribution in [1.29, 1.82) is 0 Å². The van der Waals surface area contributed by atoms with Crippen molar-refractivity contribution in [3.05, 3.63) is 34.9 Å². The molecule has 2 atom stereocenters. The average molecular weight is 257 g/mol. The smallest absolute Gasteiger partial charge is 0.163 e. The normalized spacial score (nSPS) is 14.6. The molecule has 18 heavy (non-hydrogen) atoms. The van der Waals surface area contributed by atoms with Gasteiger partial charge in [-0.25, -0.2) is 8.78 Å². The van der Waals surface area contributed by atoms with E-state index in [1.165, 1.54) is 0 Å². The number of aryl methyl sites for hydroxylation is 1. The molecule has 2 unspecified atom stereocenters. The summed E-state index contributed by atoms with van der Waals surface area (Å²) in [5.74, 6) is -1.56. The van der Waals surface area contributed by atoms with Crippen LogP contribution in [0.2, 0.25) is 0 Å². The summed E-state index contributed by atoms with van der Waals surface area (Å²) in [7, 11) is 3.32. The van der Waals surface area contributed by atoms with Crippen LogP contribution in [0.25, 0.3) is 0 Å². The number of benzene rings is 1. The monoisotopic (exact) mass is 257 g/mol. The number of hydrogen-bond acceptors (Lipinski definition) is 2. The number of likely N-dealkylation sites (N-methyl/N-ethyl adjacent to an activating group) is 1. The largest absolute Gasteiger partial charge is 0.379 e. The second-order valence-corrected chi connectivity index (χ2v) is 4.43. The van der Waals surface area contributed by atoms with Gasteiger partial charge in [-0.1, -0.05) is 25.5 Å². The molecule has 0 aliphatic carbocycles. The number of ether oxygens (including phenoxy) is 1. The highest BCUT2D eigenvalue weighted by Crippen LogP contribution is 2.27. The average Bonchev–Trinajstić information content (AvgIpc) is 2.38. The number of rotatable bonds is 6. The third-order valence-electron chi connectivity index (χ3n) is 3.20. The van der Waals surface area contributed by atoms with E-state index < -0.39 is 11.6 Å². The van der Waals surface area contributed by atoms with Gasteiger partial charge >= 0.3 is 0 Å². The summed E-state index contributed by atoms with van der Waals surface area (Å²) in [6.07, 6.45) is 1.54. The molecule has 102 valence electrons. The summed E-state index contributed by atoms with van der Waals surface area (Å²) in [5, 5.41) is 3.01. The van der Waals surface area contributed by atoms with Gasteiger partial charge in [-0.05, 0) is 26.0 Å². The van der Waals surface area contributed by atoms with Crippen molar-refractivity contribution in [2.45, 2.75) is 38.8 Å².